The first-order chi connectivity index (χ1) is 11.5. The molecule has 0 bridgehead atoms. The van der Waals surface area contributed by atoms with Gasteiger partial charge in [0.1, 0.15) is 5.82 Å². The number of rotatable bonds is 2. The minimum absolute atomic E-state index is 0.0770. The van der Waals surface area contributed by atoms with Crippen molar-refractivity contribution in [2.75, 3.05) is 44.3 Å². The van der Waals surface area contributed by atoms with Gasteiger partial charge in [0.05, 0.1) is 13.2 Å². The maximum Gasteiger partial charge on any atom is 0.178 e. The Bertz CT molecular complexity index is 715. The van der Waals surface area contributed by atoms with Crippen molar-refractivity contribution < 1.29 is 4.74 Å². The summed E-state index contributed by atoms with van der Waals surface area (Å²) in [4.78, 5) is 4.94. The third-order valence-corrected chi connectivity index (χ3v) is 4.97. The van der Waals surface area contributed by atoms with Crippen molar-refractivity contribution >= 4 is 11.5 Å². The lowest BCUT2D eigenvalue weighted by Crippen LogP contribution is -2.44. The molecular weight excluding hydrogens is 304 g/mol. The third-order valence-electron chi connectivity index (χ3n) is 4.97. The fourth-order valence-corrected chi connectivity index (χ4v) is 3.61. The summed E-state index contributed by atoms with van der Waals surface area (Å²) in [5.74, 6) is 1.92. The van der Waals surface area contributed by atoms with E-state index in [4.69, 9.17) is 9.84 Å². The first kappa shape index (κ1) is 15.8. The zero-order valence-electron chi connectivity index (χ0n) is 14.8. The van der Waals surface area contributed by atoms with E-state index in [1.165, 1.54) is 6.42 Å². The molecular formula is C17H26N6O. The summed E-state index contributed by atoms with van der Waals surface area (Å²) in [6, 6.07) is 4.69. The summed E-state index contributed by atoms with van der Waals surface area (Å²) in [7, 11) is 0. The van der Waals surface area contributed by atoms with E-state index in [0.717, 1.165) is 56.7 Å². The van der Waals surface area contributed by atoms with Crippen LogP contribution >= 0.6 is 0 Å². The van der Waals surface area contributed by atoms with Crippen molar-refractivity contribution in [1.29, 1.82) is 0 Å². The molecule has 0 amide bonds. The number of aromatic nitrogens is 4. The SMILES string of the molecule is CC(C)(C)c1nnc2ccc(N3CCC(N4CCOCC4)C3)nn12. The average molecular weight is 330 g/mol. The normalized spacial score (nSPS) is 23.3. The Morgan fingerprint density at radius 1 is 1.08 bits per heavy atom. The number of hydrogen-bond donors (Lipinski definition) is 0. The summed E-state index contributed by atoms with van der Waals surface area (Å²) in [5.41, 5.74) is 0.736. The highest BCUT2D eigenvalue weighted by molar-refractivity contribution is 5.47. The molecule has 0 saturated carbocycles. The number of anilines is 1. The number of ether oxygens (including phenoxy) is 1. The highest BCUT2D eigenvalue weighted by Crippen LogP contribution is 2.24. The van der Waals surface area contributed by atoms with Gasteiger partial charge in [-0.3, -0.25) is 4.90 Å². The number of morpholine rings is 1. The largest absolute Gasteiger partial charge is 0.379 e. The van der Waals surface area contributed by atoms with Gasteiger partial charge in [-0.25, -0.2) is 0 Å². The van der Waals surface area contributed by atoms with Crippen molar-refractivity contribution in [2.24, 2.45) is 0 Å². The highest BCUT2D eigenvalue weighted by atomic mass is 16.5. The van der Waals surface area contributed by atoms with Crippen LogP contribution in [0.1, 0.15) is 33.0 Å². The van der Waals surface area contributed by atoms with Gasteiger partial charge in [0.2, 0.25) is 0 Å². The summed E-state index contributed by atoms with van der Waals surface area (Å²) in [5, 5.41) is 13.4. The van der Waals surface area contributed by atoms with E-state index in [9.17, 15) is 0 Å². The number of nitrogens with zero attached hydrogens (tertiary/aromatic N) is 6. The minimum Gasteiger partial charge on any atom is -0.379 e. The summed E-state index contributed by atoms with van der Waals surface area (Å²) in [6.07, 6.45) is 1.19. The number of hydrogen-bond acceptors (Lipinski definition) is 6. The van der Waals surface area contributed by atoms with E-state index >= 15 is 0 Å². The van der Waals surface area contributed by atoms with Gasteiger partial charge in [-0.15, -0.1) is 15.3 Å². The van der Waals surface area contributed by atoms with E-state index in [-0.39, 0.29) is 5.41 Å². The molecule has 7 nitrogen and oxygen atoms in total. The summed E-state index contributed by atoms with van der Waals surface area (Å²) in [6.45, 7) is 12.3. The topological polar surface area (TPSA) is 58.8 Å². The Balaban J connectivity index is 1.56. The van der Waals surface area contributed by atoms with E-state index in [1.807, 2.05) is 10.6 Å². The molecule has 4 rings (SSSR count). The molecule has 4 heterocycles. The molecule has 130 valence electrons. The van der Waals surface area contributed by atoms with Crippen molar-refractivity contribution in [3.05, 3.63) is 18.0 Å². The van der Waals surface area contributed by atoms with Crippen molar-refractivity contribution in [3.8, 4) is 0 Å². The smallest absolute Gasteiger partial charge is 0.178 e. The zero-order chi connectivity index (χ0) is 16.7. The fraction of sp³-hybridized carbons (Fsp3) is 0.706. The van der Waals surface area contributed by atoms with Gasteiger partial charge in [-0.1, -0.05) is 20.8 Å². The molecule has 0 aromatic carbocycles. The molecule has 0 aliphatic carbocycles. The Hall–Kier alpha value is -1.73. The second kappa shape index (κ2) is 5.97. The van der Waals surface area contributed by atoms with Gasteiger partial charge in [-0.2, -0.15) is 4.52 Å². The molecule has 2 aliphatic rings. The average Bonchev–Trinajstić information content (AvgIpc) is 3.21. The second-order valence-electron chi connectivity index (χ2n) is 7.77. The van der Waals surface area contributed by atoms with Crippen LogP contribution in [-0.4, -0.2) is 70.1 Å². The van der Waals surface area contributed by atoms with E-state index < -0.39 is 0 Å². The Kier molecular flexibility index (Phi) is 3.92. The number of fused-ring (bicyclic) bond motifs is 1. The monoisotopic (exact) mass is 330 g/mol. The van der Waals surface area contributed by atoms with Crippen LogP contribution in [0.15, 0.2) is 12.1 Å². The summed E-state index contributed by atoms with van der Waals surface area (Å²) >= 11 is 0. The summed E-state index contributed by atoms with van der Waals surface area (Å²) < 4.78 is 7.37. The predicted octanol–water partition coefficient (Wildman–Crippen LogP) is 1.33. The quantitative estimate of drug-likeness (QED) is 0.828. The molecule has 0 radical (unpaired) electrons. The zero-order valence-corrected chi connectivity index (χ0v) is 14.8. The minimum atomic E-state index is -0.0770. The molecule has 2 saturated heterocycles. The van der Waals surface area contributed by atoms with E-state index in [0.29, 0.717) is 6.04 Å². The molecule has 2 aromatic heterocycles. The maximum atomic E-state index is 5.47. The van der Waals surface area contributed by atoms with Crippen LogP contribution in [0.4, 0.5) is 5.82 Å². The molecule has 2 fully saturated rings. The second-order valence-corrected chi connectivity index (χ2v) is 7.77. The lowest BCUT2D eigenvalue weighted by Gasteiger charge is -2.32. The molecule has 2 aromatic rings. The van der Waals surface area contributed by atoms with Crippen LogP contribution < -0.4 is 4.90 Å². The van der Waals surface area contributed by atoms with Crippen LogP contribution in [0.3, 0.4) is 0 Å². The molecule has 1 atom stereocenters. The molecule has 7 heteroatoms. The lowest BCUT2D eigenvalue weighted by atomic mass is 9.96. The highest BCUT2D eigenvalue weighted by Gasteiger charge is 2.30. The van der Waals surface area contributed by atoms with E-state index in [1.54, 1.807) is 0 Å². The predicted molar refractivity (Wildman–Crippen MR) is 92.5 cm³/mol. The van der Waals surface area contributed by atoms with Gasteiger partial charge in [0, 0.05) is 37.6 Å². The Morgan fingerprint density at radius 2 is 1.88 bits per heavy atom. The molecule has 2 aliphatic heterocycles. The maximum absolute atomic E-state index is 5.47. The van der Waals surface area contributed by atoms with Crippen LogP contribution in [0.2, 0.25) is 0 Å². The lowest BCUT2D eigenvalue weighted by molar-refractivity contribution is 0.0209. The van der Waals surface area contributed by atoms with Crippen LogP contribution in [0, 0.1) is 0 Å². The fourth-order valence-electron chi connectivity index (χ4n) is 3.61. The first-order valence-electron chi connectivity index (χ1n) is 8.82. The van der Waals surface area contributed by atoms with Crippen molar-refractivity contribution in [1.82, 2.24) is 24.7 Å². The molecule has 1 unspecified atom stereocenters. The molecule has 24 heavy (non-hydrogen) atoms. The Labute approximate surface area is 142 Å². The van der Waals surface area contributed by atoms with Gasteiger partial charge in [0.25, 0.3) is 0 Å². The van der Waals surface area contributed by atoms with Gasteiger partial charge < -0.3 is 9.64 Å². The van der Waals surface area contributed by atoms with Gasteiger partial charge in [-0.05, 0) is 18.6 Å². The van der Waals surface area contributed by atoms with E-state index in [2.05, 4.69) is 46.8 Å². The van der Waals surface area contributed by atoms with Crippen molar-refractivity contribution in [3.63, 3.8) is 0 Å². The van der Waals surface area contributed by atoms with Crippen LogP contribution in [0.25, 0.3) is 5.65 Å². The van der Waals surface area contributed by atoms with Gasteiger partial charge >= 0.3 is 0 Å². The first-order valence-corrected chi connectivity index (χ1v) is 8.82. The van der Waals surface area contributed by atoms with Crippen LogP contribution in [0.5, 0.6) is 0 Å². The Morgan fingerprint density at radius 3 is 2.62 bits per heavy atom. The molecule has 0 spiro atoms. The van der Waals surface area contributed by atoms with Gasteiger partial charge in [0.15, 0.2) is 11.5 Å². The third kappa shape index (κ3) is 2.86. The van der Waals surface area contributed by atoms with Crippen molar-refractivity contribution in [2.45, 2.75) is 38.6 Å². The van der Waals surface area contributed by atoms with Crippen LogP contribution in [-0.2, 0) is 10.2 Å². The molecule has 0 N–H and O–H groups in total. The standard InChI is InChI=1S/C17H26N6O/c1-17(2,3)16-19-18-14-4-5-15(20-23(14)16)22-7-6-13(12-22)21-8-10-24-11-9-21/h4-5,13H,6-12H2,1-3H3.